The van der Waals surface area contributed by atoms with Crippen molar-refractivity contribution in [3.8, 4) is 0 Å². The molecule has 1 aromatic carbocycles. The number of aliphatic hydroxyl groups is 1. The minimum absolute atomic E-state index is 0.134. The van der Waals surface area contributed by atoms with Gasteiger partial charge in [0.05, 0.1) is 21.7 Å². The number of nitrogens with zero attached hydrogens (tertiary/aromatic N) is 1. The molecule has 110 valence electrons. The lowest BCUT2D eigenvalue weighted by Crippen LogP contribution is -2.49. The highest BCUT2D eigenvalue weighted by atomic mass is 35.5. The van der Waals surface area contributed by atoms with Gasteiger partial charge < -0.3 is 5.11 Å². The quantitative estimate of drug-likeness (QED) is 0.892. The van der Waals surface area contributed by atoms with Crippen LogP contribution in [-0.4, -0.2) is 28.6 Å². The molecule has 1 N–H and O–H groups in total. The second-order valence-corrected chi connectivity index (χ2v) is 6.84. The van der Waals surface area contributed by atoms with Gasteiger partial charge in [0.15, 0.2) is 0 Å². The Kier molecular flexibility index (Phi) is 4.28. The summed E-state index contributed by atoms with van der Waals surface area (Å²) in [7, 11) is 0. The SMILES string of the molecule is OC(c1cccc(Cl)c1Cl)C1(N2CCCC2)CCCC1. The van der Waals surface area contributed by atoms with Crippen molar-refractivity contribution < 1.29 is 5.11 Å². The number of hydrogen-bond donors (Lipinski definition) is 1. The average molecular weight is 314 g/mol. The van der Waals surface area contributed by atoms with E-state index in [1.165, 1.54) is 25.7 Å². The Morgan fingerprint density at radius 3 is 2.35 bits per heavy atom. The summed E-state index contributed by atoms with van der Waals surface area (Å²) in [4.78, 5) is 2.49. The number of hydrogen-bond acceptors (Lipinski definition) is 2. The van der Waals surface area contributed by atoms with E-state index in [0.717, 1.165) is 31.5 Å². The molecular weight excluding hydrogens is 293 g/mol. The summed E-state index contributed by atoms with van der Waals surface area (Å²) >= 11 is 12.4. The van der Waals surface area contributed by atoms with Crippen LogP contribution in [0.3, 0.4) is 0 Å². The topological polar surface area (TPSA) is 23.5 Å². The van der Waals surface area contributed by atoms with Gasteiger partial charge in [0.1, 0.15) is 0 Å². The highest BCUT2D eigenvalue weighted by Gasteiger charge is 2.47. The summed E-state index contributed by atoms with van der Waals surface area (Å²) in [5, 5.41) is 12.1. The Balaban J connectivity index is 1.96. The van der Waals surface area contributed by atoms with Gasteiger partial charge in [-0.1, -0.05) is 48.2 Å². The van der Waals surface area contributed by atoms with Gasteiger partial charge in [0.2, 0.25) is 0 Å². The maximum absolute atomic E-state index is 11.1. The minimum Gasteiger partial charge on any atom is -0.386 e. The molecule has 2 nitrogen and oxygen atoms in total. The van der Waals surface area contributed by atoms with Gasteiger partial charge in [0, 0.05) is 5.56 Å². The van der Waals surface area contributed by atoms with Gasteiger partial charge in [-0.25, -0.2) is 0 Å². The predicted molar refractivity (Wildman–Crippen MR) is 83.4 cm³/mol. The third-order valence-electron chi connectivity index (χ3n) is 4.99. The molecule has 3 rings (SSSR count). The van der Waals surface area contributed by atoms with Gasteiger partial charge in [-0.2, -0.15) is 0 Å². The predicted octanol–water partition coefficient (Wildman–Crippen LogP) is 4.44. The molecule has 20 heavy (non-hydrogen) atoms. The lowest BCUT2D eigenvalue weighted by atomic mass is 9.84. The first kappa shape index (κ1) is 14.6. The van der Waals surface area contributed by atoms with Crippen LogP contribution < -0.4 is 0 Å². The van der Waals surface area contributed by atoms with Gasteiger partial charge >= 0.3 is 0 Å². The first-order chi connectivity index (χ1) is 9.65. The van der Waals surface area contributed by atoms with E-state index in [4.69, 9.17) is 23.2 Å². The standard InChI is InChI=1S/C16H21Cl2NO/c17-13-7-5-6-12(14(13)18)15(20)16(8-1-2-9-16)19-10-3-4-11-19/h5-7,15,20H,1-4,8-11H2. The Morgan fingerprint density at radius 2 is 1.70 bits per heavy atom. The number of benzene rings is 1. The van der Waals surface area contributed by atoms with E-state index in [0.29, 0.717) is 10.0 Å². The summed E-state index contributed by atoms with van der Waals surface area (Å²) in [5.41, 5.74) is 0.651. The Hall–Kier alpha value is -0.280. The molecule has 1 heterocycles. The molecule has 1 saturated heterocycles. The number of halogens is 2. The van der Waals surface area contributed by atoms with Crippen LogP contribution in [0.15, 0.2) is 18.2 Å². The molecule has 0 bridgehead atoms. The van der Waals surface area contributed by atoms with Gasteiger partial charge in [0.25, 0.3) is 0 Å². The zero-order chi connectivity index (χ0) is 14.2. The van der Waals surface area contributed by atoms with Crippen molar-refractivity contribution in [1.82, 2.24) is 4.90 Å². The van der Waals surface area contributed by atoms with Crippen molar-refractivity contribution in [2.45, 2.75) is 50.2 Å². The fourth-order valence-corrected chi connectivity index (χ4v) is 4.34. The van der Waals surface area contributed by atoms with Crippen LogP contribution in [0.5, 0.6) is 0 Å². The first-order valence-electron chi connectivity index (χ1n) is 7.52. The molecule has 0 amide bonds. The maximum Gasteiger partial charge on any atom is 0.0988 e. The molecule has 0 aromatic heterocycles. The smallest absolute Gasteiger partial charge is 0.0988 e. The molecular formula is C16H21Cl2NO. The van der Waals surface area contributed by atoms with Crippen molar-refractivity contribution in [3.05, 3.63) is 33.8 Å². The fraction of sp³-hybridized carbons (Fsp3) is 0.625. The normalized spacial score (nSPS) is 24.1. The van der Waals surface area contributed by atoms with Crippen LogP contribution in [0.1, 0.15) is 50.2 Å². The molecule has 1 saturated carbocycles. The second kappa shape index (κ2) is 5.84. The summed E-state index contributed by atoms with van der Waals surface area (Å²) in [6.45, 7) is 2.19. The summed E-state index contributed by atoms with van der Waals surface area (Å²) < 4.78 is 0. The van der Waals surface area contributed by atoms with E-state index in [1.807, 2.05) is 12.1 Å². The molecule has 4 heteroatoms. The highest BCUT2D eigenvalue weighted by Crippen LogP contribution is 2.47. The lowest BCUT2D eigenvalue weighted by molar-refractivity contribution is -0.0195. The van der Waals surface area contributed by atoms with Crippen molar-refractivity contribution in [3.63, 3.8) is 0 Å². The number of rotatable bonds is 3. The first-order valence-corrected chi connectivity index (χ1v) is 8.28. The molecule has 0 spiro atoms. The van der Waals surface area contributed by atoms with E-state index in [-0.39, 0.29) is 5.54 Å². The van der Waals surface area contributed by atoms with Gasteiger partial charge in [-0.15, -0.1) is 0 Å². The minimum atomic E-state index is -0.547. The monoisotopic (exact) mass is 313 g/mol. The summed E-state index contributed by atoms with van der Waals surface area (Å²) in [6, 6.07) is 5.56. The van der Waals surface area contributed by atoms with Crippen LogP contribution in [0.25, 0.3) is 0 Å². The highest BCUT2D eigenvalue weighted by molar-refractivity contribution is 6.42. The Morgan fingerprint density at radius 1 is 1.05 bits per heavy atom. The molecule has 0 radical (unpaired) electrons. The van der Waals surface area contributed by atoms with Crippen LogP contribution in [0, 0.1) is 0 Å². The van der Waals surface area contributed by atoms with Crippen LogP contribution >= 0.6 is 23.2 Å². The molecule has 2 aliphatic rings. The molecule has 1 aliphatic carbocycles. The van der Waals surface area contributed by atoms with Crippen molar-refractivity contribution in [2.24, 2.45) is 0 Å². The summed E-state index contributed by atoms with van der Waals surface area (Å²) in [5.74, 6) is 0. The third-order valence-corrected chi connectivity index (χ3v) is 5.82. The van der Waals surface area contributed by atoms with E-state index in [9.17, 15) is 5.11 Å². The van der Waals surface area contributed by atoms with Crippen LogP contribution in [0.2, 0.25) is 10.0 Å². The molecule has 2 fully saturated rings. The lowest BCUT2D eigenvalue weighted by Gasteiger charge is -2.43. The molecule has 1 unspecified atom stereocenters. The second-order valence-electron chi connectivity index (χ2n) is 6.05. The average Bonchev–Trinajstić information content (AvgIpc) is 3.12. The number of aliphatic hydroxyl groups excluding tert-OH is 1. The number of likely N-dealkylation sites (tertiary alicyclic amines) is 1. The molecule has 1 aliphatic heterocycles. The zero-order valence-corrected chi connectivity index (χ0v) is 13.1. The van der Waals surface area contributed by atoms with Crippen LogP contribution in [-0.2, 0) is 0 Å². The molecule has 1 atom stereocenters. The fourth-order valence-electron chi connectivity index (χ4n) is 3.93. The Labute approximate surface area is 130 Å². The van der Waals surface area contributed by atoms with Crippen molar-refractivity contribution >= 4 is 23.2 Å². The van der Waals surface area contributed by atoms with E-state index >= 15 is 0 Å². The van der Waals surface area contributed by atoms with Crippen molar-refractivity contribution in [2.75, 3.05) is 13.1 Å². The maximum atomic E-state index is 11.1. The largest absolute Gasteiger partial charge is 0.386 e. The van der Waals surface area contributed by atoms with Crippen LogP contribution in [0.4, 0.5) is 0 Å². The van der Waals surface area contributed by atoms with E-state index in [2.05, 4.69) is 4.90 Å². The van der Waals surface area contributed by atoms with E-state index < -0.39 is 6.10 Å². The van der Waals surface area contributed by atoms with Gasteiger partial charge in [-0.3, -0.25) is 4.90 Å². The van der Waals surface area contributed by atoms with Crippen molar-refractivity contribution in [1.29, 1.82) is 0 Å². The van der Waals surface area contributed by atoms with Gasteiger partial charge in [-0.05, 0) is 44.8 Å². The Bertz CT molecular complexity index is 479. The third kappa shape index (κ3) is 2.37. The zero-order valence-electron chi connectivity index (χ0n) is 11.6. The molecule has 1 aromatic rings. The van der Waals surface area contributed by atoms with E-state index in [1.54, 1.807) is 6.07 Å². The summed E-state index contributed by atoms with van der Waals surface area (Å²) in [6.07, 6.45) is 6.40.